The normalized spacial score (nSPS) is 19.4. The van der Waals surface area contributed by atoms with E-state index in [1.807, 2.05) is 0 Å². The summed E-state index contributed by atoms with van der Waals surface area (Å²) < 4.78 is 5.46. The molecule has 0 bridgehead atoms. The van der Waals surface area contributed by atoms with E-state index in [9.17, 15) is 9.59 Å². The number of hydrogen-bond donors (Lipinski definition) is 1. The van der Waals surface area contributed by atoms with Crippen molar-refractivity contribution in [2.24, 2.45) is 5.92 Å². The fraction of sp³-hybridized carbons (Fsp3) is 0.714. The van der Waals surface area contributed by atoms with Crippen LogP contribution in [0.5, 0.6) is 0 Å². The minimum atomic E-state index is -0.290. The molecule has 0 saturated heterocycles. The van der Waals surface area contributed by atoms with Gasteiger partial charge in [0, 0.05) is 11.8 Å². The molecule has 7 heteroatoms. The van der Waals surface area contributed by atoms with Crippen LogP contribution in [0, 0.1) is 5.92 Å². The molecule has 0 radical (unpaired) electrons. The third-order valence-corrected chi connectivity index (χ3v) is 4.73. The minimum absolute atomic E-state index is 0.00225. The molecule has 3 rings (SSSR count). The SMILES string of the molecule is O=C(CSc1nnc(C2CC2)o1)NC(=O)C1CCCCC1. The summed E-state index contributed by atoms with van der Waals surface area (Å²) in [7, 11) is 0. The van der Waals surface area contributed by atoms with Crippen molar-refractivity contribution in [3.63, 3.8) is 0 Å². The van der Waals surface area contributed by atoms with Crippen LogP contribution in [0.15, 0.2) is 9.64 Å². The number of thioether (sulfide) groups is 1. The van der Waals surface area contributed by atoms with E-state index in [1.54, 1.807) is 0 Å². The number of carbonyl (C=O) groups is 2. The van der Waals surface area contributed by atoms with Crippen LogP contribution in [0.2, 0.25) is 0 Å². The van der Waals surface area contributed by atoms with Gasteiger partial charge in [0.05, 0.1) is 5.75 Å². The maximum Gasteiger partial charge on any atom is 0.277 e. The Labute approximate surface area is 127 Å². The zero-order valence-electron chi connectivity index (χ0n) is 11.8. The van der Waals surface area contributed by atoms with Crippen molar-refractivity contribution in [3.05, 3.63) is 5.89 Å². The van der Waals surface area contributed by atoms with E-state index in [0.29, 0.717) is 17.0 Å². The van der Waals surface area contributed by atoms with Gasteiger partial charge in [0.2, 0.25) is 17.7 Å². The van der Waals surface area contributed by atoms with Gasteiger partial charge in [-0.25, -0.2) is 0 Å². The van der Waals surface area contributed by atoms with Gasteiger partial charge in [-0.1, -0.05) is 31.0 Å². The molecule has 0 spiro atoms. The smallest absolute Gasteiger partial charge is 0.277 e. The van der Waals surface area contributed by atoms with Crippen LogP contribution in [0.3, 0.4) is 0 Å². The molecule has 21 heavy (non-hydrogen) atoms. The van der Waals surface area contributed by atoms with Crippen molar-refractivity contribution >= 4 is 23.6 Å². The first-order valence-corrected chi connectivity index (χ1v) is 8.51. The van der Waals surface area contributed by atoms with Crippen LogP contribution in [0.25, 0.3) is 0 Å². The lowest BCUT2D eigenvalue weighted by Gasteiger charge is -2.20. The van der Waals surface area contributed by atoms with Crippen LogP contribution < -0.4 is 5.32 Å². The first-order valence-electron chi connectivity index (χ1n) is 7.52. The molecule has 0 aromatic carbocycles. The Hall–Kier alpha value is -1.37. The molecule has 0 unspecified atom stereocenters. The fourth-order valence-corrected chi connectivity index (χ4v) is 3.11. The Balaban J connectivity index is 1.41. The first-order chi connectivity index (χ1) is 10.2. The molecule has 2 saturated carbocycles. The predicted octanol–water partition coefficient (Wildman–Crippen LogP) is 2.26. The van der Waals surface area contributed by atoms with E-state index in [1.165, 1.54) is 18.2 Å². The minimum Gasteiger partial charge on any atom is -0.416 e. The summed E-state index contributed by atoms with van der Waals surface area (Å²) >= 11 is 1.18. The molecule has 2 aliphatic rings. The third kappa shape index (κ3) is 4.06. The maximum atomic E-state index is 11.9. The summed E-state index contributed by atoms with van der Waals surface area (Å²) in [5.41, 5.74) is 0. The first kappa shape index (κ1) is 14.6. The number of amides is 2. The van der Waals surface area contributed by atoms with Crippen molar-refractivity contribution in [3.8, 4) is 0 Å². The van der Waals surface area contributed by atoms with Crippen LogP contribution in [-0.2, 0) is 9.59 Å². The second-order valence-electron chi connectivity index (χ2n) is 5.72. The highest BCUT2D eigenvalue weighted by Gasteiger charge is 2.29. The van der Waals surface area contributed by atoms with Gasteiger partial charge < -0.3 is 4.42 Å². The van der Waals surface area contributed by atoms with Gasteiger partial charge in [-0.2, -0.15) is 0 Å². The zero-order valence-corrected chi connectivity index (χ0v) is 12.7. The quantitative estimate of drug-likeness (QED) is 0.840. The van der Waals surface area contributed by atoms with E-state index in [4.69, 9.17) is 4.42 Å². The highest BCUT2D eigenvalue weighted by molar-refractivity contribution is 7.99. The molecule has 6 nitrogen and oxygen atoms in total. The molecule has 0 atom stereocenters. The number of carbonyl (C=O) groups excluding carboxylic acids is 2. The zero-order chi connectivity index (χ0) is 14.7. The molecule has 1 aromatic heterocycles. The summed E-state index contributed by atoms with van der Waals surface area (Å²) in [6, 6.07) is 0. The van der Waals surface area contributed by atoms with Crippen molar-refractivity contribution in [1.82, 2.24) is 15.5 Å². The maximum absolute atomic E-state index is 11.9. The van der Waals surface area contributed by atoms with Gasteiger partial charge in [-0.15, -0.1) is 10.2 Å². The van der Waals surface area contributed by atoms with Gasteiger partial charge in [0.15, 0.2) is 0 Å². The molecule has 2 aliphatic carbocycles. The second-order valence-corrected chi connectivity index (χ2v) is 6.64. The monoisotopic (exact) mass is 309 g/mol. The number of hydrogen-bond acceptors (Lipinski definition) is 6. The summed E-state index contributed by atoms with van der Waals surface area (Å²) in [6.07, 6.45) is 7.32. The van der Waals surface area contributed by atoms with E-state index >= 15 is 0 Å². The van der Waals surface area contributed by atoms with Crippen LogP contribution in [0.4, 0.5) is 0 Å². The topological polar surface area (TPSA) is 85.1 Å². The van der Waals surface area contributed by atoms with Crippen molar-refractivity contribution in [2.75, 3.05) is 5.75 Å². The molecule has 2 amide bonds. The van der Waals surface area contributed by atoms with E-state index in [0.717, 1.165) is 38.5 Å². The number of nitrogens with zero attached hydrogens (tertiary/aromatic N) is 2. The van der Waals surface area contributed by atoms with Gasteiger partial charge in [0.25, 0.3) is 5.22 Å². The average Bonchev–Trinajstić information content (AvgIpc) is 3.25. The number of rotatable bonds is 5. The number of nitrogens with one attached hydrogen (secondary N) is 1. The second kappa shape index (κ2) is 6.60. The summed E-state index contributed by atoms with van der Waals surface area (Å²) in [4.78, 5) is 23.7. The third-order valence-electron chi connectivity index (χ3n) is 3.91. The van der Waals surface area contributed by atoms with E-state index in [-0.39, 0.29) is 23.5 Å². The highest BCUT2D eigenvalue weighted by atomic mass is 32.2. The van der Waals surface area contributed by atoms with Crippen molar-refractivity contribution < 1.29 is 14.0 Å². The van der Waals surface area contributed by atoms with E-state index in [2.05, 4.69) is 15.5 Å². The lowest BCUT2D eigenvalue weighted by atomic mass is 9.89. The van der Waals surface area contributed by atoms with Crippen LogP contribution >= 0.6 is 11.8 Å². The number of aromatic nitrogens is 2. The molecule has 1 heterocycles. The molecule has 114 valence electrons. The molecule has 0 aliphatic heterocycles. The van der Waals surface area contributed by atoms with Gasteiger partial charge in [-0.05, 0) is 25.7 Å². The Kier molecular flexibility index (Phi) is 4.57. The van der Waals surface area contributed by atoms with Crippen molar-refractivity contribution in [2.45, 2.75) is 56.1 Å². The average molecular weight is 309 g/mol. The van der Waals surface area contributed by atoms with E-state index < -0.39 is 0 Å². The highest BCUT2D eigenvalue weighted by Crippen LogP contribution is 2.39. The summed E-state index contributed by atoms with van der Waals surface area (Å²) in [6.45, 7) is 0. The lowest BCUT2D eigenvalue weighted by molar-refractivity contribution is -0.132. The van der Waals surface area contributed by atoms with Gasteiger partial charge in [-0.3, -0.25) is 14.9 Å². The summed E-state index contributed by atoms with van der Waals surface area (Å²) in [5, 5.41) is 10.7. The molecule has 1 aromatic rings. The fourth-order valence-electron chi connectivity index (χ4n) is 2.54. The van der Waals surface area contributed by atoms with Gasteiger partial charge >= 0.3 is 0 Å². The lowest BCUT2D eigenvalue weighted by Crippen LogP contribution is -2.37. The molecule has 1 N–H and O–H groups in total. The van der Waals surface area contributed by atoms with Crippen LogP contribution in [-0.4, -0.2) is 27.8 Å². The predicted molar refractivity (Wildman–Crippen MR) is 76.7 cm³/mol. The Morgan fingerprint density at radius 3 is 2.62 bits per heavy atom. The largest absolute Gasteiger partial charge is 0.416 e. The number of imide groups is 1. The summed E-state index contributed by atoms with van der Waals surface area (Å²) in [5.74, 6) is 0.777. The molecular formula is C14H19N3O3S. The molecule has 2 fully saturated rings. The Morgan fingerprint density at radius 1 is 1.14 bits per heavy atom. The van der Waals surface area contributed by atoms with Crippen LogP contribution in [0.1, 0.15) is 56.8 Å². The Bertz CT molecular complexity index is 521. The standard InChI is InChI=1S/C14H19N3O3S/c18-11(15-12(19)9-4-2-1-3-5-9)8-21-14-17-16-13(20-14)10-6-7-10/h9-10H,1-8H2,(H,15,18,19). The molecular weight excluding hydrogens is 290 g/mol. The van der Waals surface area contributed by atoms with Crippen molar-refractivity contribution in [1.29, 1.82) is 0 Å². The Morgan fingerprint density at radius 2 is 1.90 bits per heavy atom. The van der Waals surface area contributed by atoms with Gasteiger partial charge in [0.1, 0.15) is 0 Å².